The van der Waals surface area contributed by atoms with Crippen LogP contribution in [0.1, 0.15) is 81.2 Å². The van der Waals surface area contributed by atoms with Gasteiger partial charge in [-0.25, -0.2) is 4.79 Å². The van der Waals surface area contributed by atoms with Gasteiger partial charge in [-0.15, -0.1) is 22.7 Å². The van der Waals surface area contributed by atoms with E-state index in [2.05, 4.69) is 103 Å². The highest BCUT2D eigenvalue weighted by atomic mass is 32.1. The van der Waals surface area contributed by atoms with E-state index in [-0.39, 0.29) is 5.57 Å². The zero-order valence-electron chi connectivity index (χ0n) is 27.8. The standard InChI is InChI=1S/C42H42N2O2S2/c1-3-5-7-9-15-30-25-40(47-39(30)27-32(28-43)42(45)46)41-31(16-10-8-6-4-2)26-38(48-41)29-21-23-33(24-22-29)44-36-19-13-11-17-34(36)35-18-12-14-20-37(35)44/h11-14,17-27H,3-10,15-16H2,1-2H3,(H,45,46)/b32-27-. The van der Waals surface area contributed by atoms with E-state index in [9.17, 15) is 15.2 Å². The Morgan fingerprint density at radius 1 is 0.750 bits per heavy atom. The number of nitriles is 1. The van der Waals surface area contributed by atoms with Gasteiger partial charge < -0.3 is 9.67 Å². The number of unbranched alkanes of at least 4 members (excludes halogenated alkanes) is 6. The number of para-hydroxylation sites is 2. The number of benzene rings is 3. The lowest BCUT2D eigenvalue weighted by atomic mass is 10.0. The highest BCUT2D eigenvalue weighted by molar-refractivity contribution is 7.24. The number of aromatic nitrogens is 1. The molecule has 0 saturated heterocycles. The molecule has 0 amide bonds. The third kappa shape index (κ3) is 7.18. The molecule has 0 fully saturated rings. The summed E-state index contributed by atoms with van der Waals surface area (Å²) in [6, 6.07) is 32.6. The van der Waals surface area contributed by atoms with Crippen LogP contribution in [0.4, 0.5) is 0 Å². The first-order valence-corrected chi connectivity index (χ1v) is 18.9. The molecule has 6 aromatic rings. The van der Waals surface area contributed by atoms with Gasteiger partial charge in [-0.05, 0) is 84.8 Å². The summed E-state index contributed by atoms with van der Waals surface area (Å²) >= 11 is 3.45. The van der Waals surface area contributed by atoms with E-state index < -0.39 is 5.97 Å². The average molecular weight is 671 g/mol. The van der Waals surface area contributed by atoms with Crippen LogP contribution in [-0.2, 0) is 17.6 Å². The molecule has 0 atom stereocenters. The van der Waals surface area contributed by atoms with Gasteiger partial charge in [-0.3, -0.25) is 0 Å². The number of carboxylic acids is 1. The van der Waals surface area contributed by atoms with Gasteiger partial charge in [0, 0.05) is 36.0 Å². The summed E-state index contributed by atoms with van der Waals surface area (Å²) in [6.07, 6.45) is 12.8. The first kappa shape index (κ1) is 33.5. The monoisotopic (exact) mass is 670 g/mol. The molecule has 0 bridgehead atoms. The van der Waals surface area contributed by atoms with Crippen molar-refractivity contribution < 1.29 is 9.90 Å². The van der Waals surface area contributed by atoms with Crippen molar-refractivity contribution in [3.8, 4) is 32.0 Å². The van der Waals surface area contributed by atoms with Crippen molar-refractivity contribution in [1.82, 2.24) is 4.57 Å². The van der Waals surface area contributed by atoms with Crippen LogP contribution >= 0.6 is 22.7 Å². The van der Waals surface area contributed by atoms with E-state index in [4.69, 9.17) is 0 Å². The molecule has 3 heterocycles. The number of carbonyl (C=O) groups is 1. The Kier molecular flexibility index (Phi) is 10.9. The van der Waals surface area contributed by atoms with Gasteiger partial charge in [0.1, 0.15) is 11.6 Å². The third-order valence-corrected chi connectivity index (χ3v) is 11.6. The van der Waals surface area contributed by atoms with Crippen molar-refractivity contribution in [2.24, 2.45) is 0 Å². The van der Waals surface area contributed by atoms with E-state index in [1.54, 1.807) is 17.4 Å². The molecule has 0 saturated carbocycles. The molecule has 1 N–H and O–H groups in total. The Hall–Kier alpha value is -4.44. The maximum absolute atomic E-state index is 11.8. The Morgan fingerprint density at radius 3 is 1.92 bits per heavy atom. The van der Waals surface area contributed by atoms with E-state index in [0.29, 0.717) is 0 Å². The lowest BCUT2D eigenvalue weighted by Crippen LogP contribution is -1.97. The van der Waals surface area contributed by atoms with Crippen LogP contribution in [0.5, 0.6) is 0 Å². The lowest BCUT2D eigenvalue weighted by molar-refractivity contribution is -0.132. The number of aliphatic carboxylic acids is 1. The number of carboxylic acid groups (broad SMARTS) is 1. The third-order valence-electron chi connectivity index (χ3n) is 9.09. The number of nitrogens with zero attached hydrogens (tertiary/aromatic N) is 2. The van der Waals surface area contributed by atoms with Crippen LogP contribution < -0.4 is 0 Å². The molecule has 0 radical (unpaired) electrons. The van der Waals surface area contributed by atoms with E-state index in [1.807, 2.05) is 17.4 Å². The summed E-state index contributed by atoms with van der Waals surface area (Å²) in [5.41, 5.74) is 7.02. The summed E-state index contributed by atoms with van der Waals surface area (Å²) in [4.78, 5) is 16.3. The van der Waals surface area contributed by atoms with Gasteiger partial charge in [0.15, 0.2) is 0 Å². The zero-order valence-corrected chi connectivity index (χ0v) is 29.4. The molecule has 6 heteroatoms. The molecule has 244 valence electrons. The first-order chi connectivity index (χ1) is 23.5. The van der Waals surface area contributed by atoms with Crippen molar-refractivity contribution >= 4 is 56.5 Å². The number of hydrogen-bond donors (Lipinski definition) is 1. The highest BCUT2D eigenvalue weighted by Gasteiger charge is 2.19. The van der Waals surface area contributed by atoms with Crippen LogP contribution in [0.2, 0.25) is 0 Å². The molecule has 4 nitrogen and oxygen atoms in total. The van der Waals surface area contributed by atoms with Gasteiger partial charge in [0.25, 0.3) is 0 Å². The summed E-state index contributed by atoms with van der Waals surface area (Å²) < 4.78 is 2.35. The van der Waals surface area contributed by atoms with E-state index in [1.165, 1.54) is 68.4 Å². The summed E-state index contributed by atoms with van der Waals surface area (Å²) in [7, 11) is 0. The van der Waals surface area contributed by atoms with Crippen LogP contribution in [0.25, 0.3) is 53.8 Å². The number of hydrogen-bond acceptors (Lipinski definition) is 4. The maximum atomic E-state index is 11.8. The molecular weight excluding hydrogens is 629 g/mol. The second-order valence-corrected chi connectivity index (χ2v) is 14.6. The fraction of sp³-hybridized carbons (Fsp3) is 0.286. The lowest BCUT2D eigenvalue weighted by Gasteiger charge is -2.08. The van der Waals surface area contributed by atoms with E-state index in [0.717, 1.165) is 59.5 Å². The predicted molar refractivity (Wildman–Crippen MR) is 204 cm³/mol. The highest BCUT2D eigenvalue weighted by Crippen LogP contribution is 2.44. The number of rotatable bonds is 15. The number of aryl methyl sites for hydroxylation is 2. The SMILES string of the molecule is CCCCCCc1cc(-c2sc(-c3ccc(-n4c5ccccc5c5ccccc54)cc3)cc2CCCCCC)sc1/C=C(/C#N)C(=O)O. The fourth-order valence-electron chi connectivity index (χ4n) is 6.57. The van der Waals surface area contributed by atoms with Crippen molar-refractivity contribution in [2.75, 3.05) is 0 Å². The Bertz CT molecular complexity index is 2050. The van der Waals surface area contributed by atoms with Crippen molar-refractivity contribution in [2.45, 2.75) is 78.1 Å². The van der Waals surface area contributed by atoms with Gasteiger partial charge >= 0.3 is 5.97 Å². The van der Waals surface area contributed by atoms with E-state index >= 15 is 0 Å². The summed E-state index contributed by atoms with van der Waals surface area (Å²) in [5, 5.41) is 21.6. The van der Waals surface area contributed by atoms with Crippen LogP contribution in [0.15, 0.2) is 90.5 Å². The molecule has 0 aliphatic carbocycles. The summed E-state index contributed by atoms with van der Waals surface area (Å²) in [6.45, 7) is 4.45. The summed E-state index contributed by atoms with van der Waals surface area (Å²) in [5.74, 6) is -1.18. The Balaban J connectivity index is 1.38. The second-order valence-electron chi connectivity index (χ2n) is 12.5. The Morgan fingerprint density at radius 2 is 1.33 bits per heavy atom. The molecule has 0 aliphatic heterocycles. The van der Waals surface area contributed by atoms with Gasteiger partial charge in [-0.1, -0.05) is 101 Å². The largest absolute Gasteiger partial charge is 0.477 e. The molecule has 0 aliphatic rings. The van der Waals surface area contributed by atoms with Gasteiger partial charge in [0.05, 0.1) is 11.0 Å². The molecule has 6 rings (SSSR count). The minimum absolute atomic E-state index is 0.215. The van der Waals surface area contributed by atoms with Crippen LogP contribution in [0.3, 0.4) is 0 Å². The van der Waals surface area contributed by atoms with Gasteiger partial charge in [-0.2, -0.15) is 5.26 Å². The average Bonchev–Trinajstić information content (AvgIpc) is 3.81. The van der Waals surface area contributed by atoms with Gasteiger partial charge in [0.2, 0.25) is 0 Å². The normalized spacial score (nSPS) is 11.8. The molecule has 0 unspecified atom stereocenters. The molecule has 3 aromatic heterocycles. The van der Waals surface area contributed by atoms with Crippen molar-refractivity contribution in [3.63, 3.8) is 0 Å². The minimum Gasteiger partial charge on any atom is -0.477 e. The predicted octanol–water partition coefficient (Wildman–Crippen LogP) is 12.5. The number of thiophene rings is 2. The maximum Gasteiger partial charge on any atom is 0.346 e. The molecule has 3 aromatic carbocycles. The Labute approximate surface area is 291 Å². The topological polar surface area (TPSA) is 66.0 Å². The fourth-order valence-corrected chi connectivity index (χ4v) is 9.08. The first-order valence-electron chi connectivity index (χ1n) is 17.2. The second kappa shape index (κ2) is 15.6. The minimum atomic E-state index is -1.18. The molecule has 0 spiro atoms. The van der Waals surface area contributed by atoms with Crippen molar-refractivity contribution in [3.05, 3.63) is 107 Å². The quantitative estimate of drug-likeness (QED) is 0.0672. The molecular formula is C42H42N2O2S2. The smallest absolute Gasteiger partial charge is 0.346 e. The zero-order chi connectivity index (χ0) is 33.5. The van der Waals surface area contributed by atoms with Crippen LogP contribution in [-0.4, -0.2) is 15.6 Å². The molecule has 48 heavy (non-hydrogen) atoms. The number of fused-ring (bicyclic) bond motifs is 3. The van der Waals surface area contributed by atoms with Crippen molar-refractivity contribution in [1.29, 1.82) is 5.26 Å². The van der Waals surface area contributed by atoms with Crippen LogP contribution in [0, 0.1) is 11.3 Å².